The summed E-state index contributed by atoms with van der Waals surface area (Å²) >= 11 is 1.46. The number of aromatic amines is 3. The lowest BCUT2D eigenvalue weighted by Crippen LogP contribution is -2.61. The minimum atomic E-state index is -1.52. The molecule has 8 atom stereocenters. The maximum atomic E-state index is 15.0. The van der Waals surface area contributed by atoms with E-state index in [2.05, 4.69) is 57.5 Å². The van der Waals surface area contributed by atoms with E-state index in [1.165, 1.54) is 11.8 Å². The number of hydrogen-bond donors (Lipinski definition) is 14. The maximum absolute atomic E-state index is 15.0. The molecule has 442 valence electrons. The number of nitrogens with one attached hydrogen (secondary N) is 11. The van der Waals surface area contributed by atoms with Crippen LogP contribution in [0.3, 0.4) is 0 Å². The summed E-state index contributed by atoms with van der Waals surface area (Å²) in [6, 6.07) is 12.0. The van der Waals surface area contributed by atoms with Crippen LogP contribution < -0.4 is 59.7 Å². The van der Waals surface area contributed by atoms with Gasteiger partial charge in [0.15, 0.2) is 0 Å². The number of fused-ring (bicyclic) bond motifs is 3. The van der Waals surface area contributed by atoms with Crippen LogP contribution in [-0.4, -0.2) is 141 Å². The van der Waals surface area contributed by atoms with Crippen LogP contribution in [0.4, 0.5) is 0 Å². The molecule has 6 aromatic rings. The number of aromatic nitrogens is 3. The molecule has 1 aliphatic rings. The van der Waals surface area contributed by atoms with Crippen LogP contribution in [0, 0.1) is 5.92 Å². The first-order valence-corrected chi connectivity index (χ1v) is 29.0. The number of hydrogen-bond acceptors (Lipinski definition) is 12. The van der Waals surface area contributed by atoms with E-state index in [0.29, 0.717) is 40.8 Å². The Bertz CT molecular complexity index is 3310. The predicted molar refractivity (Wildman–Crippen MR) is 314 cm³/mol. The molecule has 0 bridgehead atoms. The zero-order chi connectivity index (χ0) is 59.7. The summed E-state index contributed by atoms with van der Waals surface area (Å²) < 4.78 is 0. The van der Waals surface area contributed by atoms with Gasteiger partial charge in [-0.15, -0.1) is 0 Å². The average Bonchev–Trinajstić information content (AvgIpc) is 4.44. The van der Waals surface area contributed by atoms with Gasteiger partial charge in [-0.2, -0.15) is 11.8 Å². The number of primary amides is 3. The van der Waals surface area contributed by atoms with Crippen molar-refractivity contribution in [3.05, 3.63) is 108 Å². The Morgan fingerprint density at radius 1 is 0.506 bits per heavy atom. The molecule has 0 radical (unpaired) electrons. The van der Waals surface area contributed by atoms with Crippen molar-refractivity contribution in [2.24, 2.45) is 23.1 Å². The minimum absolute atomic E-state index is 0.0325. The third-order valence-corrected chi connectivity index (χ3v) is 15.4. The van der Waals surface area contributed by atoms with E-state index in [-0.39, 0.29) is 51.4 Å². The first kappa shape index (κ1) is 61.9. The Morgan fingerprint density at radius 2 is 0.892 bits per heavy atom. The molecule has 24 nitrogen and oxygen atoms in total. The van der Waals surface area contributed by atoms with E-state index in [0.717, 1.165) is 33.7 Å². The first-order valence-electron chi connectivity index (χ1n) is 27.7. The molecule has 1 aliphatic heterocycles. The van der Waals surface area contributed by atoms with Crippen LogP contribution in [0.25, 0.3) is 32.7 Å². The van der Waals surface area contributed by atoms with Gasteiger partial charge in [-0.05, 0) is 91.5 Å². The molecular formula is C58H74N14O10S. The molecular weight excluding hydrogens is 1080 g/mol. The minimum Gasteiger partial charge on any atom is -0.370 e. The van der Waals surface area contributed by atoms with Crippen molar-refractivity contribution < 1.29 is 47.9 Å². The lowest BCUT2D eigenvalue weighted by molar-refractivity contribution is -0.136. The maximum Gasteiger partial charge on any atom is 0.243 e. The fourth-order valence-electron chi connectivity index (χ4n) is 10.1. The second-order valence-corrected chi connectivity index (χ2v) is 22.1. The molecule has 4 heterocycles. The molecule has 1 saturated heterocycles. The Morgan fingerprint density at radius 3 is 1.29 bits per heavy atom. The quantitative estimate of drug-likeness (QED) is 0.0287. The monoisotopic (exact) mass is 1160 g/mol. The lowest BCUT2D eigenvalue weighted by Gasteiger charge is -2.29. The summed E-state index contributed by atoms with van der Waals surface area (Å²) in [5.74, 6) is -7.82. The number of carbonyl (C=O) groups is 10. The summed E-state index contributed by atoms with van der Waals surface area (Å²) in [4.78, 5) is 147. The van der Waals surface area contributed by atoms with Crippen LogP contribution in [0.15, 0.2) is 91.4 Å². The summed E-state index contributed by atoms with van der Waals surface area (Å²) in [6.07, 6.45) is 6.91. The van der Waals surface area contributed by atoms with Crippen molar-refractivity contribution in [3.63, 3.8) is 0 Å². The Labute approximate surface area is 483 Å². The predicted octanol–water partition coefficient (Wildman–Crippen LogP) is 0.729. The third kappa shape index (κ3) is 16.9. The van der Waals surface area contributed by atoms with Gasteiger partial charge in [0.25, 0.3) is 0 Å². The molecule has 1 fully saturated rings. The lowest BCUT2D eigenvalue weighted by atomic mass is 9.98. The zero-order valence-corrected chi connectivity index (χ0v) is 47.4. The van der Waals surface area contributed by atoms with Crippen LogP contribution in [-0.2, 0) is 67.2 Å². The van der Waals surface area contributed by atoms with Crippen molar-refractivity contribution in [1.82, 2.24) is 57.5 Å². The first-order chi connectivity index (χ1) is 39.8. The highest BCUT2D eigenvalue weighted by Gasteiger charge is 2.37. The molecule has 10 amide bonds. The molecule has 0 aliphatic carbocycles. The normalized spacial score (nSPS) is 15.7. The SMILES string of the molecule is CSCCC(NC(=O)C(Cc1c[nH]c2ccccc12)NC(=O)C(Cc1c[nH]c2ccccc12)NC(=O)C(NC(=O)C(Cc1c[nH]c2ccccc12)NC(=O)C(CCC(N)=O)NC(=O)C(CCC(N)=O)NC(=O)C1CCCN1)C(C)C)C(N)=O. The zero-order valence-electron chi connectivity index (χ0n) is 46.6. The largest absolute Gasteiger partial charge is 0.370 e. The molecule has 0 spiro atoms. The van der Waals surface area contributed by atoms with Crippen LogP contribution >= 0.6 is 11.8 Å². The van der Waals surface area contributed by atoms with E-state index in [1.54, 1.807) is 38.5 Å². The second kappa shape index (κ2) is 29.3. The van der Waals surface area contributed by atoms with Gasteiger partial charge in [-0.3, -0.25) is 47.9 Å². The molecule has 83 heavy (non-hydrogen) atoms. The Hall–Kier alpha value is -8.71. The number of amides is 10. The highest BCUT2D eigenvalue weighted by molar-refractivity contribution is 7.98. The highest BCUT2D eigenvalue weighted by atomic mass is 32.2. The summed E-state index contributed by atoms with van der Waals surface area (Å²) in [5, 5.41) is 24.5. The van der Waals surface area contributed by atoms with E-state index in [9.17, 15) is 47.9 Å². The molecule has 3 aromatic carbocycles. The van der Waals surface area contributed by atoms with Crippen molar-refractivity contribution in [3.8, 4) is 0 Å². The number of nitrogens with two attached hydrogens (primary N) is 3. The average molecular weight is 1160 g/mol. The van der Waals surface area contributed by atoms with Gasteiger partial charge >= 0.3 is 0 Å². The summed E-state index contributed by atoms with van der Waals surface area (Å²) in [5.41, 5.74) is 20.9. The van der Waals surface area contributed by atoms with Gasteiger partial charge in [-0.1, -0.05) is 68.4 Å². The number of carbonyl (C=O) groups excluding carboxylic acids is 10. The number of benzene rings is 3. The fraction of sp³-hybridized carbons (Fsp3) is 0.414. The highest BCUT2D eigenvalue weighted by Crippen LogP contribution is 2.23. The van der Waals surface area contributed by atoms with Gasteiger partial charge in [-0.25, -0.2) is 0 Å². The van der Waals surface area contributed by atoms with Gasteiger partial charge in [0.1, 0.15) is 42.3 Å². The van der Waals surface area contributed by atoms with Crippen molar-refractivity contribution in [2.75, 3.05) is 18.6 Å². The van der Waals surface area contributed by atoms with Crippen LogP contribution in [0.5, 0.6) is 0 Å². The van der Waals surface area contributed by atoms with E-state index < -0.39 is 113 Å². The molecule has 17 N–H and O–H groups in total. The number of H-pyrrole nitrogens is 3. The molecule has 3 aromatic heterocycles. The second-order valence-electron chi connectivity index (χ2n) is 21.1. The molecule has 7 rings (SSSR count). The van der Waals surface area contributed by atoms with Crippen molar-refractivity contribution >= 4 is 104 Å². The standard InChI is InChI=1S/C58H74N14O10S/c1-31(2)50(58(82)71-46(26-33-29-64-39-15-8-5-12-36(33)39)56(80)70-45(55(79)66-41(51(61)75)22-24-83-3)25-32-28-63-38-14-7-4-11-35(32)38)72-57(81)47(27-34-30-65-40-16-9-6-13-37(34)40)69-54(78)44(19-21-49(60)74)68-53(77)43(18-20-48(59)73)67-52(76)42-17-10-23-62-42/h4-9,11-16,28-31,41-47,50,62-65H,10,17-27H2,1-3H3,(H2,59,73)(H2,60,74)(H2,61,75)(H,66,79)(H,67,76)(H,68,77)(H,69,78)(H,70,80)(H,71,82)(H,72,81). The van der Waals surface area contributed by atoms with Gasteiger partial charge in [0.2, 0.25) is 59.1 Å². The van der Waals surface area contributed by atoms with E-state index in [1.807, 2.05) is 73.0 Å². The topological polar surface area (TPSA) is 392 Å². The molecule has 8 unspecified atom stereocenters. The molecule has 0 saturated carbocycles. The smallest absolute Gasteiger partial charge is 0.243 e. The summed E-state index contributed by atoms with van der Waals surface area (Å²) in [6.45, 7) is 3.93. The number of rotatable bonds is 31. The number of thioether (sulfide) groups is 1. The van der Waals surface area contributed by atoms with E-state index >= 15 is 0 Å². The third-order valence-electron chi connectivity index (χ3n) is 14.7. The number of para-hydroxylation sites is 3. The van der Waals surface area contributed by atoms with Crippen LogP contribution in [0.1, 0.15) is 75.5 Å². The fourth-order valence-corrected chi connectivity index (χ4v) is 10.6. The van der Waals surface area contributed by atoms with Gasteiger partial charge in [0, 0.05) is 83.4 Å². The summed E-state index contributed by atoms with van der Waals surface area (Å²) in [7, 11) is 0. The van der Waals surface area contributed by atoms with E-state index in [4.69, 9.17) is 17.2 Å². The van der Waals surface area contributed by atoms with Gasteiger partial charge in [0.05, 0.1) is 6.04 Å². The van der Waals surface area contributed by atoms with Gasteiger partial charge < -0.3 is 74.7 Å². The molecule has 25 heteroatoms. The van der Waals surface area contributed by atoms with Crippen molar-refractivity contribution in [2.45, 2.75) is 126 Å². The Kier molecular flexibility index (Phi) is 21.9. The van der Waals surface area contributed by atoms with Crippen LogP contribution in [0.2, 0.25) is 0 Å². The van der Waals surface area contributed by atoms with Crippen molar-refractivity contribution in [1.29, 1.82) is 0 Å². The Balaban J connectivity index is 1.17.